The first-order valence-corrected chi connectivity index (χ1v) is 12.0. The van der Waals surface area contributed by atoms with E-state index in [1.165, 1.54) is 0 Å². The lowest BCUT2D eigenvalue weighted by atomic mass is 10.1. The van der Waals surface area contributed by atoms with Gasteiger partial charge in [0.05, 0.1) is 6.04 Å². The Bertz CT molecular complexity index is 918. The van der Waals surface area contributed by atoms with Crippen molar-refractivity contribution in [1.29, 1.82) is 0 Å². The molecule has 0 radical (unpaired) electrons. The van der Waals surface area contributed by atoms with E-state index in [-0.39, 0.29) is 24.1 Å². The molecule has 0 fully saturated rings. The van der Waals surface area contributed by atoms with Crippen molar-refractivity contribution < 1.29 is 19.1 Å². The lowest BCUT2D eigenvalue weighted by molar-refractivity contribution is -0.155. The van der Waals surface area contributed by atoms with Gasteiger partial charge in [0.2, 0.25) is 5.91 Å². The predicted octanol–water partition coefficient (Wildman–Crippen LogP) is 4.28. The van der Waals surface area contributed by atoms with Crippen LogP contribution in [0.5, 0.6) is 0 Å². The number of benzene rings is 2. The van der Waals surface area contributed by atoms with Crippen molar-refractivity contribution in [2.24, 2.45) is 0 Å². The summed E-state index contributed by atoms with van der Waals surface area (Å²) < 4.78 is 5.37. The number of hydrogen-bond donors (Lipinski definition) is 2. The van der Waals surface area contributed by atoms with Crippen LogP contribution < -0.4 is 10.6 Å². The first-order chi connectivity index (χ1) is 16.1. The smallest absolute Gasteiger partial charge is 0.306 e. The zero-order valence-electron chi connectivity index (χ0n) is 20.9. The molecule has 0 aliphatic rings. The van der Waals surface area contributed by atoms with E-state index in [0.29, 0.717) is 38.8 Å². The number of Topliss-reactive ketones (excluding diaryl/α,β-unsaturated/α-hetero) is 1. The third-order valence-corrected chi connectivity index (χ3v) is 5.29. The summed E-state index contributed by atoms with van der Waals surface area (Å²) in [5.74, 6) is -0.396. The van der Waals surface area contributed by atoms with Crippen molar-refractivity contribution >= 4 is 17.7 Å². The largest absolute Gasteiger partial charge is 0.460 e. The van der Waals surface area contributed by atoms with Gasteiger partial charge in [0.25, 0.3) is 0 Å². The van der Waals surface area contributed by atoms with Crippen LogP contribution in [0.4, 0.5) is 0 Å². The standard InChI is InChI=1S/C28H38N2O4/c1-21-10-12-23(13-11-21)20-30-27(33)25(16-17-26(32)34-28(2,3)4)29-19-18-24(31)15-14-22-8-6-5-7-9-22/h5-13,25,29H,14-20H2,1-4H3,(H,30,33)/t25-/m1/s1. The van der Waals surface area contributed by atoms with Gasteiger partial charge in [-0.25, -0.2) is 0 Å². The van der Waals surface area contributed by atoms with Crippen molar-refractivity contribution in [3.63, 3.8) is 0 Å². The quantitative estimate of drug-likeness (QED) is 0.431. The van der Waals surface area contributed by atoms with E-state index in [1.54, 1.807) is 0 Å². The third-order valence-electron chi connectivity index (χ3n) is 5.29. The number of esters is 1. The second-order valence-electron chi connectivity index (χ2n) is 9.61. The summed E-state index contributed by atoms with van der Waals surface area (Å²) in [5.41, 5.74) is 2.72. The van der Waals surface area contributed by atoms with Crippen LogP contribution in [0, 0.1) is 6.92 Å². The number of carbonyl (C=O) groups is 3. The Kier molecular flexibility index (Phi) is 10.9. The van der Waals surface area contributed by atoms with Gasteiger partial charge >= 0.3 is 5.97 Å². The number of amides is 1. The highest BCUT2D eigenvalue weighted by atomic mass is 16.6. The van der Waals surface area contributed by atoms with Crippen LogP contribution in [-0.2, 0) is 32.1 Å². The molecule has 0 saturated heterocycles. The molecule has 0 heterocycles. The van der Waals surface area contributed by atoms with Gasteiger partial charge in [-0.3, -0.25) is 14.4 Å². The van der Waals surface area contributed by atoms with E-state index >= 15 is 0 Å². The second kappa shape index (κ2) is 13.7. The minimum atomic E-state index is -0.583. The zero-order chi connectivity index (χ0) is 25.0. The van der Waals surface area contributed by atoms with E-state index in [9.17, 15) is 14.4 Å². The molecule has 2 rings (SSSR count). The van der Waals surface area contributed by atoms with Gasteiger partial charge in [0, 0.05) is 32.4 Å². The maximum atomic E-state index is 12.9. The molecule has 0 saturated carbocycles. The Morgan fingerprint density at radius 1 is 0.882 bits per heavy atom. The SMILES string of the molecule is Cc1ccc(CNC(=O)[C@@H](CCC(=O)OC(C)(C)C)NCCC(=O)CCc2ccccc2)cc1. The summed E-state index contributed by atoms with van der Waals surface area (Å²) in [6.07, 6.45) is 1.93. The number of carbonyl (C=O) groups excluding carboxylic acids is 3. The van der Waals surface area contributed by atoms with Gasteiger partial charge in [-0.2, -0.15) is 0 Å². The summed E-state index contributed by atoms with van der Waals surface area (Å²) in [6.45, 7) is 8.24. The molecule has 0 bridgehead atoms. The molecule has 0 aromatic heterocycles. The molecule has 0 aliphatic heterocycles. The average Bonchev–Trinajstić information content (AvgIpc) is 2.79. The topological polar surface area (TPSA) is 84.5 Å². The average molecular weight is 467 g/mol. The maximum absolute atomic E-state index is 12.9. The van der Waals surface area contributed by atoms with Gasteiger partial charge in [0.1, 0.15) is 11.4 Å². The Balaban J connectivity index is 1.85. The van der Waals surface area contributed by atoms with E-state index < -0.39 is 11.6 Å². The lowest BCUT2D eigenvalue weighted by Gasteiger charge is -2.21. The summed E-state index contributed by atoms with van der Waals surface area (Å²) >= 11 is 0. The molecular weight excluding hydrogens is 428 g/mol. The molecule has 34 heavy (non-hydrogen) atoms. The fourth-order valence-corrected chi connectivity index (χ4v) is 3.44. The van der Waals surface area contributed by atoms with Crippen molar-refractivity contribution in [3.05, 3.63) is 71.3 Å². The van der Waals surface area contributed by atoms with Crippen LogP contribution in [0.25, 0.3) is 0 Å². The van der Waals surface area contributed by atoms with Crippen molar-refractivity contribution in [2.75, 3.05) is 6.54 Å². The highest BCUT2D eigenvalue weighted by Crippen LogP contribution is 2.11. The Morgan fingerprint density at radius 2 is 1.56 bits per heavy atom. The number of aryl methyl sites for hydroxylation is 2. The highest BCUT2D eigenvalue weighted by molar-refractivity contribution is 5.83. The van der Waals surface area contributed by atoms with Gasteiger partial charge in [-0.15, -0.1) is 0 Å². The van der Waals surface area contributed by atoms with E-state index in [1.807, 2.05) is 82.3 Å². The molecular formula is C28H38N2O4. The summed E-state index contributed by atoms with van der Waals surface area (Å²) in [7, 11) is 0. The van der Waals surface area contributed by atoms with Crippen LogP contribution in [-0.4, -0.2) is 35.8 Å². The Morgan fingerprint density at radius 3 is 2.21 bits per heavy atom. The van der Waals surface area contributed by atoms with E-state index in [0.717, 1.165) is 16.7 Å². The fourth-order valence-electron chi connectivity index (χ4n) is 3.44. The monoisotopic (exact) mass is 466 g/mol. The minimum absolute atomic E-state index is 0.120. The molecule has 2 aromatic rings. The van der Waals surface area contributed by atoms with Crippen LogP contribution in [0.1, 0.15) is 63.1 Å². The molecule has 0 spiro atoms. The molecule has 1 atom stereocenters. The van der Waals surface area contributed by atoms with Crippen molar-refractivity contribution in [1.82, 2.24) is 10.6 Å². The van der Waals surface area contributed by atoms with Crippen LogP contribution >= 0.6 is 0 Å². The molecule has 2 N–H and O–H groups in total. The third kappa shape index (κ3) is 11.2. The first kappa shape index (κ1) is 27.3. The molecule has 184 valence electrons. The molecule has 1 amide bonds. The van der Waals surface area contributed by atoms with Gasteiger partial charge < -0.3 is 15.4 Å². The summed E-state index contributed by atoms with van der Waals surface area (Å²) in [4.78, 5) is 37.3. The van der Waals surface area contributed by atoms with Crippen LogP contribution in [0.3, 0.4) is 0 Å². The molecule has 6 nitrogen and oxygen atoms in total. The molecule has 2 aromatic carbocycles. The van der Waals surface area contributed by atoms with Gasteiger partial charge in [-0.1, -0.05) is 60.2 Å². The normalized spacial score (nSPS) is 12.1. The molecule has 0 aliphatic carbocycles. The number of rotatable bonds is 13. The number of nitrogens with one attached hydrogen (secondary N) is 2. The zero-order valence-corrected chi connectivity index (χ0v) is 20.9. The highest BCUT2D eigenvalue weighted by Gasteiger charge is 2.22. The number of hydrogen-bond acceptors (Lipinski definition) is 5. The second-order valence-corrected chi connectivity index (χ2v) is 9.61. The summed E-state index contributed by atoms with van der Waals surface area (Å²) in [5, 5.41) is 6.11. The Labute approximate surface area is 203 Å². The van der Waals surface area contributed by atoms with E-state index in [4.69, 9.17) is 4.74 Å². The van der Waals surface area contributed by atoms with Crippen molar-refractivity contribution in [2.45, 2.75) is 78.0 Å². The van der Waals surface area contributed by atoms with Gasteiger partial charge in [0.15, 0.2) is 0 Å². The predicted molar refractivity (Wildman–Crippen MR) is 134 cm³/mol. The van der Waals surface area contributed by atoms with E-state index in [2.05, 4.69) is 10.6 Å². The first-order valence-electron chi connectivity index (χ1n) is 12.0. The fraction of sp³-hybridized carbons (Fsp3) is 0.464. The summed E-state index contributed by atoms with van der Waals surface area (Å²) in [6, 6.07) is 17.3. The van der Waals surface area contributed by atoms with Crippen LogP contribution in [0.15, 0.2) is 54.6 Å². The molecule has 6 heteroatoms. The Hall–Kier alpha value is -2.99. The number of ketones is 1. The molecule has 0 unspecified atom stereocenters. The number of ether oxygens (including phenoxy) is 1. The van der Waals surface area contributed by atoms with Crippen LogP contribution in [0.2, 0.25) is 0 Å². The maximum Gasteiger partial charge on any atom is 0.306 e. The lowest BCUT2D eigenvalue weighted by Crippen LogP contribution is -2.45. The minimum Gasteiger partial charge on any atom is -0.460 e. The van der Waals surface area contributed by atoms with Crippen molar-refractivity contribution in [3.8, 4) is 0 Å². The van der Waals surface area contributed by atoms with Gasteiger partial charge in [-0.05, 0) is 51.7 Å².